The van der Waals surface area contributed by atoms with Crippen LogP contribution in [-0.4, -0.2) is 37.7 Å². The van der Waals surface area contributed by atoms with Crippen LogP contribution in [0.5, 0.6) is 0 Å². The van der Waals surface area contributed by atoms with Crippen LogP contribution in [0.15, 0.2) is 60.7 Å². The zero-order valence-electron chi connectivity index (χ0n) is 13.8. The fourth-order valence-corrected chi connectivity index (χ4v) is 4.56. The van der Waals surface area contributed by atoms with E-state index < -0.39 is 10.0 Å². The Morgan fingerprint density at radius 2 is 1.62 bits per heavy atom. The zero-order chi connectivity index (χ0) is 17.0. The summed E-state index contributed by atoms with van der Waals surface area (Å²) in [6.45, 7) is 2.72. The average molecular weight is 345 g/mol. The minimum Gasteiger partial charge on any atom is -0.368 e. The lowest BCUT2D eigenvalue weighted by molar-refractivity contribution is -0.0556. The van der Waals surface area contributed by atoms with E-state index >= 15 is 0 Å². The number of hydrogen-bond donors (Lipinski definition) is 0. The molecule has 2 unspecified atom stereocenters. The van der Waals surface area contributed by atoms with E-state index in [0.29, 0.717) is 19.5 Å². The zero-order valence-corrected chi connectivity index (χ0v) is 14.7. The van der Waals surface area contributed by atoms with Crippen LogP contribution in [0, 0.1) is 0 Å². The van der Waals surface area contributed by atoms with Gasteiger partial charge in [0, 0.05) is 13.1 Å². The standard InChI is InChI=1S/C19H23NO3S/c1-16-14-20(15-19(23-16)18-10-6-3-7-11-18)24(21,22)13-12-17-8-4-2-5-9-17/h2-11,16,19H,12-15H2,1H3. The van der Waals surface area contributed by atoms with Crippen LogP contribution in [0.25, 0.3) is 0 Å². The van der Waals surface area contributed by atoms with Gasteiger partial charge in [-0.25, -0.2) is 8.42 Å². The Hall–Kier alpha value is -1.69. The Morgan fingerprint density at radius 1 is 1.00 bits per heavy atom. The van der Waals surface area contributed by atoms with Crippen LogP contribution in [-0.2, 0) is 21.2 Å². The predicted octanol–water partition coefficient (Wildman–Crippen LogP) is 3.02. The maximum atomic E-state index is 12.8. The molecule has 0 aromatic heterocycles. The molecule has 2 atom stereocenters. The lowest BCUT2D eigenvalue weighted by Gasteiger charge is -2.36. The highest BCUT2D eigenvalue weighted by Gasteiger charge is 2.33. The third-order valence-electron chi connectivity index (χ3n) is 4.28. The number of hydrogen-bond acceptors (Lipinski definition) is 3. The third kappa shape index (κ3) is 4.23. The van der Waals surface area contributed by atoms with Crippen LogP contribution in [0.3, 0.4) is 0 Å². The number of ether oxygens (including phenoxy) is 1. The summed E-state index contributed by atoms with van der Waals surface area (Å²) in [5.41, 5.74) is 2.06. The maximum absolute atomic E-state index is 12.8. The van der Waals surface area contributed by atoms with E-state index in [-0.39, 0.29) is 18.0 Å². The van der Waals surface area contributed by atoms with Gasteiger partial charge in [0.2, 0.25) is 10.0 Å². The molecule has 1 heterocycles. The number of aryl methyl sites for hydroxylation is 1. The van der Waals surface area contributed by atoms with Crippen LogP contribution >= 0.6 is 0 Å². The summed E-state index contributed by atoms with van der Waals surface area (Å²) in [5.74, 6) is 0.130. The van der Waals surface area contributed by atoms with Gasteiger partial charge in [-0.1, -0.05) is 60.7 Å². The summed E-state index contributed by atoms with van der Waals surface area (Å²) >= 11 is 0. The first kappa shape index (κ1) is 17.1. The SMILES string of the molecule is CC1CN(S(=O)(=O)CCc2ccccc2)CC(c2ccccc2)O1. The summed E-state index contributed by atoms with van der Waals surface area (Å²) in [5, 5.41) is 0. The maximum Gasteiger partial charge on any atom is 0.214 e. The molecule has 3 rings (SSSR count). The van der Waals surface area contributed by atoms with Crippen molar-refractivity contribution in [3.63, 3.8) is 0 Å². The normalized spacial score (nSPS) is 22.4. The Bertz CT molecular complexity index is 747. The lowest BCUT2D eigenvalue weighted by atomic mass is 10.1. The van der Waals surface area contributed by atoms with Crippen molar-refractivity contribution in [3.05, 3.63) is 71.8 Å². The highest BCUT2D eigenvalue weighted by molar-refractivity contribution is 7.89. The van der Waals surface area contributed by atoms with Gasteiger partial charge in [-0.15, -0.1) is 0 Å². The molecule has 2 aromatic rings. The molecule has 1 saturated heterocycles. The van der Waals surface area contributed by atoms with Crippen LogP contribution < -0.4 is 0 Å². The topological polar surface area (TPSA) is 46.6 Å². The largest absolute Gasteiger partial charge is 0.368 e. The second-order valence-electron chi connectivity index (χ2n) is 6.21. The van der Waals surface area contributed by atoms with E-state index in [1.807, 2.05) is 67.6 Å². The molecular formula is C19H23NO3S. The number of rotatable bonds is 5. The number of morpholine rings is 1. The summed E-state index contributed by atoms with van der Waals surface area (Å²) < 4.78 is 33.0. The first-order chi connectivity index (χ1) is 11.5. The molecule has 5 heteroatoms. The highest BCUT2D eigenvalue weighted by Crippen LogP contribution is 2.27. The predicted molar refractivity (Wildman–Crippen MR) is 95.2 cm³/mol. The second kappa shape index (κ2) is 7.47. The molecule has 1 aliphatic rings. The fraction of sp³-hybridized carbons (Fsp3) is 0.368. The van der Waals surface area contributed by atoms with E-state index in [1.54, 1.807) is 4.31 Å². The first-order valence-corrected chi connectivity index (χ1v) is 9.88. The van der Waals surface area contributed by atoms with Crippen LogP contribution in [0.2, 0.25) is 0 Å². The first-order valence-electron chi connectivity index (χ1n) is 8.27. The minimum absolute atomic E-state index is 0.115. The summed E-state index contributed by atoms with van der Waals surface area (Å²) in [6, 6.07) is 19.5. The van der Waals surface area contributed by atoms with Crippen molar-refractivity contribution in [1.82, 2.24) is 4.31 Å². The van der Waals surface area contributed by atoms with E-state index in [4.69, 9.17) is 4.74 Å². The molecule has 0 amide bonds. The van der Waals surface area contributed by atoms with Crippen molar-refractivity contribution in [2.45, 2.75) is 25.6 Å². The molecule has 0 radical (unpaired) electrons. The molecule has 2 aromatic carbocycles. The van der Waals surface area contributed by atoms with Crippen molar-refractivity contribution < 1.29 is 13.2 Å². The van der Waals surface area contributed by atoms with Gasteiger partial charge in [0.25, 0.3) is 0 Å². The molecule has 0 bridgehead atoms. The second-order valence-corrected chi connectivity index (χ2v) is 8.30. The summed E-state index contributed by atoms with van der Waals surface area (Å²) in [4.78, 5) is 0. The fourth-order valence-electron chi connectivity index (χ4n) is 3.01. The average Bonchev–Trinajstić information content (AvgIpc) is 2.61. The monoisotopic (exact) mass is 345 g/mol. The Kier molecular flexibility index (Phi) is 5.33. The molecule has 0 N–H and O–H groups in total. The minimum atomic E-state index is -3.30. The van der Waals surface area contributed by atoms with E-state index in [9.17, 15) is 8.42 Å². The molecule has 1 fully saturated rings. The van der Waals surface area contributed by atoms with E-state index in [2.05, 4.69) is 0 Å². The van der Waals surface area contributed by atoms with E-state index in [1.165, 1.54) is 0 Å². The molecule has 0 spiro atoms. The molecule has 0 aliphatic carbocycles. The Morgan fingerprint density at radius 3 is 2.29 bits per heavy atom. The van der Waals surface area contributed by atoms with Crippen molar-refractivity contribution in [1.29, 1.82) is 0 Å². The summed E-state index contributed by atoms with van der Waals surface area (Å²) in [6.07, 6.45) is 0.210. The Balaban J connectivity index is 1.70. The van der Waals surface area contributed by atoms with Crippen molar-refractivity contribution in [3.8, 4) is 0 Å². The van der Waals surface area contributed by atoms with Crippen LogP contribution in [0.1, 0.15) is 24.2 Å². The molecule has 4 nitrogen and oxygen atoms in total. The number of nitrogens with zero attached hydrogens (tertiary/aromatic N) is 1. The third-order valence-corrected chi connectivity index (χ3v) is 6.09. The number of benzene rings is 2. The van der Waals surface area contributed by atoms with Gasteiger partial charge in [-0.3, -0.25) is 0 Å². The highest BCUT2D eigenvalue weighted by atomic mass is 32.2. The van der Waals surface area contributed by atoms with Gasteiger partial charge in [0.1, 0.15) is 0 Å². The molecule has 128 valence electrons. The van der Waals surface area contributed by atoms with Gasteiger partial charge < -0.3 is 4.74 Å². The quantitative estimate of drug-likeness (QED) is 0.837. The van der Waals surface area contributed by atoms with Crippen LogP contribution in [0.4, 0.5) is 0 Å². The van der Waals surface area contributed by atoms with Crippen molar-refractivity contribution in [2.75, 3.05) is 18.8 Å². The van der Waals surface area contributed by atoms with Gasteiger partial charge >= 0.3 is 0 Å². The van der Waals surface area contributed by atoms with Crippen molar-refractivity contribution in [2.24, 2.45) is 0 Å². The van der Waals surface area contributed by atoms with Gasteiger partial charge in [0.05, 0.1) is 18.0 Å². The molecule has 0 saturated carbocycles. The lowest BCUT2D eigenvalue weighted by Crippen LogP contribution is -2.46. The molecule has 1 aliphatic heterocycles. The van der Waals surface area contributed by atoms with Gasteiger partial charge in [-0.05, 0) is 24.5 Å². The molecular weight excluding hydrogens is 322 g/mol. The Labute approximate surface area is 144 Å². The smallest absolute Gasteiger partial charge is 0.214 e. The van der Waals surface area contributed by atoms with Gasteiger partial charge in [0.15, 0.2) is 0 Å². The van der Waals surface area contributed by atoms with Crippen molar-refractivity contribution >= 4 is 10.0 Å². The van der Waals surface area contributed by atoms with E-state index in [0.717, 1.165) is 11.1 Å². The molecule has 24 heavy (non-hydrogen) atoms. The summed E-state index contributed by atoms with van der Waals surface area (Å²) in [7, 11) is -3.30. The van der Waals surface area contributed by atoms with Gasteiger partial charge in [-0.2, -0.15) is 4.31 Å². The number of sulfonamides is 1.